The fourth-order valence-electron chi connectivity index (χ4n) is 2.87. The van der Waals surface area contributed by atoms with Crippen molar-refractivity contribution in [2.24, 2.45) is 0 Å². The van der Waals surface area contributed by atoms with Gasteiger partial charge in [0.2, 0.25) is 11.7 Å². The molecule has 144 valence electrons. The van der Waals surface area contributed by atoms with Gasteiger partial charge < -0.3 is 15.4 Å². The summed E-state index contributed by atoms with van der Waals surface area (Å²) in [4.78, 5) is 23.3. The van der Waals surface area contributed by atoms with Crippen molar-refractivity contribution in [3.63, 3.8) is 0 Å². The van der Waals surface area contributed by atoms with Gasteiger partial charge in [-0.05, 0) is 19.8 Å². The van der Waals surface area contributed by atoms with Crippen LogP contribution in [0.3, 0.4) is 0 Å². The molecule has 3 rings (SSSR count). The minimum Gasteiger partial charge on any atom is -0.373 e. The monoisotopic (exact) mass is 377 g/mol. The first-order chi connectivity index (χ1) is 12.7. The lowest BCUT2D eigenvalue weighted by molar-refractivity contribution is -0.114. The van der Waals surface area contributed by atoms with Crippen molar-refractivity contribution in [2.45, 2.75) is 45.6 Å². The van der Waals surface area contributed by atoms with Crippen molar-refractivity contribution in [3.05, 3.63) is 35.4 Å². The predicted octanol–water partition coefficient (Wildman–Crippen LogP) is 3.85. The summed E-state index contributed by atoms with van der Waals surface area (Å²) in [5.74, 6) is -3.39. The Morgan fingerprint density at radius 1 is 1.30 bits per heavy atom. The van der Waals surface area contributed by atoms with Crippen molar-refractivity contribution in [1.29, 1.82) is 0 Å². The van der Waals surface area contributed by atoms with Crippen LogP contribution in [-0.4, -0.2) is 27.5 Å². The van der Waals surface area contributed by atoms with E-state index in [4.69, 9.17) is 4.74 Å². The summed E-state index contributed by atoms with van der Waals surface area (Å²) in [7, 11) is 0. The molecule has 0 spiro atoms. The Hall–Kier alpha value is -2.68. The van der Waals surface area contributed by atoms with Crippen molar-refractivity contribution in [2.75, 3.05) is 17.2 Å². The largest absolute Gasteiger partial charge is 0.373 e. The van der Waals surface area contributed by atoms with E-state index in [1.807, 2.05) is 0 Å². The van der Waals surface area contributed by atoms with Gasteiger partial charge in [-0.3, -0.25) is 4.79 Å². The molecular weight excluding hydrogens is 356 g/mol. The predicted molar refractivity (Wildman–Crippen MR) is 96.1 cm³/mol. The minimum absolute atomic E-state index is 0.151. The average molecular weight is 377 g/mol. The minimum atomic E-state index is -3.15. The van der Waals surface area contributed by atoms with Crippen molar-refractivity contribution in [1.82, 2.24) is 15.0 Å². The molecule has 0 bridgehead atoms. The van der Waals surface area contributed by atoms with Gasteiger partial charge in [0.1, 0.15) is 11.6 Å². The van der Waals surface area contributed by atoms with Crippen LogP contribution in [0.4, 0.5) is 26.1 Å². The number of halogens is 2. The van der Waals surface area contributed by atoms with Gasteiger partial charge in [-0.15, -0.1) is 0 Å². The van der Waals surface area contributed by atoms with E-state index in [1.54, 1.807) is 25.3 Å². The quantitative estimate of drug-likeness (QED) is 0.823. The van der Waals surface area contributed by atoms with Gasteiger partial charge >= 0.3 is 5.92 Å². The number of hydrogen-bond acceptors (Lipinski definition) is 6. The van der Waals surface area contributed by atoms with Crippen LogP contribution >= 0.6 is 0 Å². The molecule has 3 heterocycles. The summed E-state index contributed by atoms with van der Waals surface area (Å²) in [6.45, 7) is 4.41. The number of nitrogens with zero attached hydrogens (tertiary/aromatic N) is 3. The van der Waals surface area contributed by atoms with E-state index in [2.05, 4.69) is 25.6 Å². The number of pyridine rings is 1. The maximum Gasteiger partial charge on any atom is 0.303 e. The van der Waals surface area contributed by atoms with Crippen molar-refractivity contribution in [3.8, 4) is 0 Å². The molecule has 1 saturated heterocycles. The molecule has 27 heavy (non-hydrogen) atoms. The summed E-state index contributed by atoms with van der Waals surface area (Å²) < 4.78 is 33.0. The maximum atomic E-state index is 13.7. The first-order valence-corrected chi connectivity index (χ1v) is 8.62. The van der Waals surface area contributed by atoms with Crippen LogP contribution in [0.2, 0.25) is 0 Å². The molecule has 1 fully saturated rings. The van der Waals surface area contributed by atoms with Crippen LogP contribution in [0.15, 0.2) is 18.3 Å². The van der Waals surface area contributed by atoms with Crippen LogP contribution in [0.1, 0.15) is 49.9 Å². The maximum absolute atomic E-state index is 13.7. The van der Waals surface area contributed by atoms with Crippen LogP contribution in [-0.2, 0) is 15.5 Å². The normalized spacial score (nSPS) is 17.0. The molecule has 0 unspecified atom stereocenters. The molecule has 7 nitrogen and oxygen atoms in total. The Morgan fingerprint density at radius 2 is 2.07 bits per heavy atom. The first-order valence-electron chi connectivity index (χ1n) is 8.62. The third kappa shape index (κ3) is 4.73. The molecule has 2 aromatic rings. The summed E-state index contributed by atoms with van der Waals surface area (Å²) in [5, 5.41) is 5.67. The third-order valence-electron chi connectivity index (χ3n) is 4.03. The Bertz CT molecular complexity index is 848. The summed E-state index contributed by atoms with van der Waals surface area (Å²) in [6, 6.07) is 3.21. The highest BCUT2D eigenvalue weighted by Crippen LogP contribution is 2.35. The Labute approximate surface area is 155 Å². The number of ether oxygens (including phenoxy) is 1. The second-order valence-electron chi connectivity index (χ2n) is 6.57. The topological polar surface area (TPSA) is 89.0 Å². The number of carbonyl (C=O) groups excluding carboxylic acids is 1. The van der Waals surface area contributed by atoms with Crippen LogP contribution < -0.4 is 10.6 Å². The smallest absolute Gasteiger partial charge is 0.303 e. The highest BCUT2D eigenvalue weighted by Gasteiger charge is 2.29. The lowest BCUT2D eigenvalue weighted by Gasteiger charge is -2.18. The zero-order valence-corrected chi connectivity index (χ0v) is 15.3. The molecule has 0 radical (unpaired) electrons. The molecular formula is C18H21F2N5O2. The molecule has 0 saturated carbocycles. The number of alkyl halides is 2. The number of aryl methyl sites for hydroxylation is 1. The van der Waals surface area contributed by atoms with Gasteiger partial charge in [-0.2, -0.15) is 8.78 Å². The zero-order valence-electron chi connectivity index (χ0n) is 15.3. The van der Waals surface area contributed by atoms with E-state index in [-0.39, 0.29) is 17.8 Å². The summed E-state index contributed by atoms with van der Waals surface area (Å²) in [6.07, 6.45) is 3.22. The van der Waals surface area contributed by atoms with E-state index >= 15 is 0 Å². The van der Waals surface area contributed by atoms with Gasteiger partial charge in [-0.1, -0.05) is 0 Å². The second-order valence-corrected chi connectivity index (χ2v) is 6.57. The number of aromatic nitrogens is 3. The summed E-state index contributed by atoms with van der Waals surface area (Å²) in [5.41, 5.74) is 1.78. The van der Waals surface area contributed by atoms with E-state index in [1.165, 1.54) is 6.92 Å². The van der Waals surface area contributed by atoms with Gasteiger partial charge in [0, 0.05) is 50.0 Å². The van der Waals surface area contributed by atoms with Gasteiger partial charge in [0.25, 0.3) is 0 Å². The number of amides is 1. The van der Waals surface area contributed by atoms with E-state index < -0.39 is 11.7 Å². The number of anilines is 3. The van der Waals surface area contributed by atoms with Crippen molar-refractivity contribution >= 4 is 23.2 Å². The number of hydrogen-bond donors (Lipinski definition) is 2. The van der Waals surface area contributed by atoms with E-state index in [0.717, 1.165) is 25.3 Å². The van der Waals surface area contributed by atoms with E-state index in [9.17, 15) is 13.6 Å². The van der Waals surface area contributed by atoms with Crippen molar-refractivity contribution < 1.29 is 18.3 Å². The number of nitrogens with one attached hydrogen (secondary N) is 2. The molecule has 2 aromatic heterocycles. The molecule has 9 heteroatoms. The Balaban J connectivity index is 1.98. The summed E-state index contributed by atoms with van der Waals surface area (Å²) >= 11 is 0. The number of carbonyl (C=O) groups is 1. The molecule has 2 N–H and O–H groups in total. The molecule has 1 amide bonds. The lowest BCUT2D eigenvalue weighted by Crippen LogP contribution is -2.15. The molecule has 1 atom stereocenters. The fourth-order valence-corrected chi connectivity index (χ4v) is 2.87. The highest BCUT2D eigenvalue weighted by atomic mass is 19.3. The van der Waals surface area contributed by atoms with Gasteiger partial charge in [-0.25, -0.2) is 15.0 Å². The first kappa shape index (κ1) is 19.1. The zero-order chi connectivity index (χ0) is 19.6. The Morgan fingerprint density at radius 3 is 2.70 bits per heavy atom. The molecule has 0 aliphatic carbocycles. The van der Waals surface area contributed by atoms with E-state index in [0.29, 0.717) is 23.8 Å². The second kappa shape index (κ2) is 7.51. The molecule has 1 aliphatic heterocycles. The van der Waals surface area contributed by atoms with Gasteiger partial charge in [0.05, 0.1) is 11.8 Å². The fraction of sp³-hybridized carbons (Fsp3) is 0.444. The standard InChI is InChI=1S/C18H21F2N5O2/c1-10-7-16(25-17(22-10)18(3,19)20)24-13-8-15(23-11(2)26)21-9-12(13)14-5-4-6-27-14/h7-9,14H,4-6H2,1-3H3,(H2,21,22,23,24,25,26)/t14-/m1/s1. The van der Waals surface area contributed by atoms with Crippen LogP contribution in [0.5, 0.6) is 0 Å². The average Bonchev–Trinajstić information content (AvgIpc) is 3.07. The third-order valence-corrected chi connectivity index (χ3v) is 4.03. The molecule has 1 aliphatic rings. The number of rotatable bonds is 5. The van der Waals surface area contributed by atoms with Crippen LogP contribution in [0.25, 0.3) is 0 Å². The van der Waals surface area contributed by atoms with Crippen LogP contribution in [0, 0.1) is 6.92 Å². The Kier molecular flexibility index (Phi) is 5.31. The highest BCUT2D eigenvalue weighted by molar-refractivity contribution is 5.88. The van der Waals surface area contributed by atoms with Gasteiger partial charge in [0.15, 0.2) is 0 Å². The lowest BCUT2D eigenvalue weighted by atomic mass is 10.1. The molecule has 0 aromatic carbocycles. The SMILES string of the molecule is CC(=O)Nc1cc(Nc2cc(C)nc(C(C)(F)F)n2)c([C@H]2CCCO2)cn1.